The first-order chi connectivity index (χ1) is 65.9. The van der Waals surface area contributed by atoms with Crippen molar-refractivity contribution >= 4 is 84.7 Å². The van der Waals surface area contributed by atoms with Crippen LogP contribution in [0.15, 0.2) is 107 Å². The summed E-state index contributed by atoms with van der Waals surface area (Å²) in [6, 6.07) is 25.0. The molecule has 0 bridgehead atoms. The molecule has 0 N–H and O–H groups in total. The van der Waals surface area contributed by atoms with Gasteiger partial charge >= 0.3 is 5.97 Å². The molecule has 28 nitrogen and oxygen atoms in total. The molecule has 2 aromatic carbocycles. The first-order valence-electron chi connectivity index (χ1n) is 50.3. The second kappa shape index (κ2) is 82.2. The van der Waals surface area contributed by atoms with Gasteiger partial charge in [-0.25, -0.2) is 4.98 Å². The number of nitro benzene ring substituents is 1. The first kappa shape index (κ1) is 151. The van der Waals surface area contributed by atoms with Crippen molar-refractivity contribution in [1.29, 1.82) is 5.26 Å². The average Bonchev–Trinajstić information content (AvgIpc) is 0.888. The molecule has 2 fully saturated rings. The summed E-state index contributed by atoms with van der Waals surface area (Å²) in [4.78, 5) is 21.2. The number of pyridine rings is 1. The van der Waals surface area contributed by atoms with Gasteiger partial charge in [-0.15, -0.1) is 6.58 Å². The summed E-state index contributed by atoms with van der Waals surface area (Å²) >= 11 is 0. The molecule has 4 heterocycles. The largest absolute Gasteiger partial charge is 0.477 e. The second-order valence-corrected chi connectivity index (χ2v) is 58.5. The van der Waals surface area contributed by atoms with E-state index in [1.54, 1.807) is 63.8 Å². The van der Waals surface area contributed by atoms with E-state index in [-0.39, 0.29) is 102 Å². The maximum Gasteiger partial charge on any atom is 0.307 e. The highest BCUT2D eigenvalue weighted by Crippen LogP contribution is 2.37. The Bertz CT molecular complexity index is 3660. The Morgan fingerprint density at radius 1 is 0.528 bits per heavy atom. The van der Waals surface area contributed by atoms with Crippen LogP contribution < -0.4 is 0 Å². The molecule has 0 amide bonds. The van der Waals surface area contributed by atoms with Crippen LogP contribution in [0.1, 0.15) is 320 Å². The van der Waals surface area contributed by atoms with Gasteiger partial charge in [-0.05, 0) is 346 Å². The van der Waals surface area contributed by atoms with Crippen molar-refractivity contribution in [2.45, 2.75) is 424 Å². The summed E-state index contributed by atoms with van der Waals surface area (Å²) in [5.74, 6) is 3.93. The van der Waals surface area contributed by atoms with Crippen LogP contribution in [0, 0.1) is 21.4 Å². The van der Waals surface area contributed by atoms with E-state index in [1.165, 1.54) is 24.5 Å². The normalized spacial score (nSPS) is 14.5. The van der Waals surface area contributed by atoms with Gasteiger partial charge in [-0.3, -0.25) is 15.1 Å². The van der Waals surface area contributed by atoms with E-state index in [0.29, 0.717) is 84.8 Å². The highest BCUT2D eigenvalue weighted by atomic mass is 33.1. The number of methoxy groups -OCH3 is 1. The Morgan fingerprint density at radius 2 is 0.979 bits per heavy atom. The third kappa shape index (κ3) is 119. The Kier molecular flexibility index (Phi) is 86.3. The summed E-state index contributed by atoms with van der Waals surface area (Å²) < 4.78 is 104. The number of para-hydroxylation sites is 1. The number of azide groups is 1. The minimum absolute atomic E-state index is 0.00678. The van der Waals surface area contributed by atoms with Gasteiger partial charge in [0, 0.05) is 67.1 Å². The fraction of sp³-hybridized carbons (Fsp3) is 0.807. The highest BCUT2D eigenvalue weighted by molar-refractivity contribution is 8.77. The summed E-state index contributed by atoms with van der Waals surface area (Å²) in [6.45, 7) is 102. The highest BCUT2D eigenvalue weighted by Gasteiger charge is 2.38. The molecule has 844 valence electrons. The van der Waals surface area contributed by atoms with Crippen LogP contribution in [-0.2, 0) is 102 Å². The molecule has 3 aliphatic heterocycles. The molecule has 0 saturated carbocycles. The zero-order valence-corrected chi connectivity index (χ0v) is 104. The van der Waals surface area contributed by atoms with Crippen LogP contribution in [0.2, 0.25) is 18.1 Å². The molecular weight excluding hydrogens is 1960 g/mol. The van der Waals surface area contributed by atoms with E-state index >= 15 is 0 Å². The van der Waals surface area contributed by atoms with Crippen molar-refractivity contribution in [2.24, 2.45) is 10.1 Å². The number of nitro groups is 1. The second-order valence-electron chi connectivity index (χ2n) is 46.0. The number of rotatable bonds is 39. The van der Waals surface area contributed by atoms with Gasteiger partial charge in [0.05, 0.1) is 170 Å². The lowest BCUT2D eigenvalue weighted by Crippen LogP contribution is -2.48. The molecule has 0 spiro atoms. The van der Waals surface area contributed by atoms with Gasteiger partial charge < -0.3 is 89.7 Å². The Balaban J connectivity index is -0.000000363. The molecule has 2 saturated heterocycles. The van der Waals surface area contributed by atoms with Crippen molar-refractivity contribution < 1.29 is 94.6 Å². The smallest absolute Gasteiger partial charge is 0.307 e. The zero-order valence-electron chi connectivity index (χ0n) is 98.5. The fourth-order valence-corrected chi connectivity index (χ4v) is 14.7. The van der Waals surface area contributed by atoms with Crippen LogP contribution in [-0.4, -0.2) is 260 Å². The predicted molar refractivity (Wildman–Crippen MR) is 616 cm³/mol. The standard InChI is InChI=1S/C13H20OS2.C12H28O2Si.C11H15NO3.C11H17NOS2.C11H22O3.C10H20O4.C8H15NO2.C7H16OS2.C7H16O.C7H14O.C6H13N3O.C6H11NO/c1-13(2,3)14-9-10-15-16-11-12-7-5-4-6-8-12;1-11(2,3)13-9-10-14-15(7,8)12(4,5)6;1-11(2,3)15-8-9-6-4-5-7-10(9)12(13)14;1-11(2,3)13-8-9-14-15-10-6-4-5-7-12-10;1-11(2,3)14-9-8-13-10-6-4-5-7-12-10;1-9(2,3)14-8-10(11-4)12-6-5-7-13-10;1-8(2,3)11-6-7-9-4-5-10-7;1-7(2,3)8-5-6-10-9-4;2*1-5-6-8-7(2,3)4;1-6(2,3)10-5-4-8-9-7;1-6(2,3)8-5-4-7/h4-8H,9-11H2,1-3H3;9-10H2,1-8H3;4-7H,8H2,1-3H3;4-7H,8-9H2,1-3H3;10H,4-9H2,1-3H3;5-8H2,1-4H3;4-6H2,1-3H3;5-6H2,1-4H3;5-6H2,1-4H3;5H,1,6H2,2-4H3;4-5H2,1-3H3;5H2,1-3H3. The first-order valence-corrected chi connectivity index (χ1v) is 60.8. The molecule has 0 aliphatic carbocycles. The number of aromatic nitrogens is 1. The average molecular weight is 2170 g/mol. The van der Waals surface area contributed by atoms with Crippen molar-refractivity contribution in [3.63, 3.8) is 0 Å². The molecule has 0 radical (unpaired) electrons. The molecule has 6 rings (SSSR count). The number of nitriles is 1. The van der Waals surface area contributed by atoms with E-state index in [9.17, 15) is 10.1 Å². The maximum absolute atomic E-state index is 10.7. The molecular formula is C109H207N7O21S6Si. The van der Waals surface area contributed by atoms with Gasteiger partial charge in [-0.1, -0.05) is 141 Å². The zero-order chi connectivity index (χ0) is 112. The Morgan fingerprint density at radius 3 is 1.38 bits per heavy atom. The Hall–Kier alpha value is -3.40. The lowest BCUT2D eigenvalue weighted by atomic mass is 10.1. The fourth-order valence-electron chi connectivity index (χ4n) is 9.08. The number of nitrogens with zero attached hydrogens (tertiary/aromatic N) is 7. The van der Waals surface area contributed by atoms with Gasteiger partial charge in [0.25, 0.3) is 5.69 Å². The summed E-state index contributed by atoms with van der Waals surface area (Å²) in [6.07, 6.45) is 11.1. The topological polar surface area (TPSA) is 316 Å². The number of hydrogen-bond acceptors (Lipinski definition) is 31. The lowest BCUT2D eigenvalue weighted by molar-refractivity contribution is -0.408. The van der Waals surface area contributed by atoms with Crippen LogP contribution in [0.3, 0.4) is 0 Å². The SMILES string of the molecule is C=CCOC(C)(C)C.CC(C)(C)OCC#N.CC(C)(C)OCC1=NCCO1.CC(C)(C)OCCN=[N+]=[N-].CC(C)(C)OCCOC1CCCCO1.CC(C)(C)OCCO[Si](C)(C)C(C)(C)C.CC(C)(C)OCCSSCc1ccccc1.CC(C)(C)OCCSSc1ccccn1.CC(C)(C)OCc1ccccc1[N+](=O)[O-].CCCOC(C)(C)C.COC1(COC(C)(C)C)OCCCO1.CSSCCOC(C)(C)C. The third-order valence-electron chi connectivity index (χ3n) is 16.9. The summed E-state index contributed by atoms with van der Waals surface area (Å²) in [7, 11) is 10.9. The molecule has 35 heteroatoms. The van der Waals surface area contributed by atoms with Gasteiger partial charge in [0.15, 0.2) is 14.6 Å². The molecule has 3 aromatic rings. The Labute approximate surface area is 902 Å². The van der Waals surface area contributed by atoms with Crippen LogP contribution in [0.25, 0.3) is 10.4 Å². The summed E-state index contributed by atoms with van der Waals surface area (Å²) in [5.41, 5.74) is 8.98. The monoisotopic (exact) mass is 2170 g/mol. The van der Waals surface area contributed by atoms with E-state index in [2.05, 4.69) is 208 Å². The molecule has 1 unspecified atom stereocenters. The number of benzene rings is 2. The third-order valence-corrected chi connectivity index (χ3v) is 27.7. The number of hydrogen-bond donors (Lipinski definition) is 0. The number of ether oxygens (including phenoxy) is 18. The van der Waals surface area contributed by atoms with Crippen LogP contribution in [0.5, 0.6) is 0 Å². The van der Waals surface area contributed by atoms with Crippen molar-refractivity contribution in [3.05, 3.63) is 123 Å². The predicted octanol–water partition coefficient (Wildman–Crippen LogP) is 30.3. The van der Waals surface area contributed by atoms with Crippen LogP contribution >= 0.6 is 64.8 Å². The molecule has 144 heavy (non-hydrogen) atoms. The molecule has 1 aromatic heterocycles. The van der Waals surface area contributed by atoms with E-state index in [1.807, 2.05) is 208 Å². The summed E-state index contributed by atoms with van der Waals surface area (Å²) in [5, 5.41) is 23.4. The van der Waals surface area contributed by atoms with Gasteiger partial charge in [0.1, 0.15) is 31.5 Å². The molecule has 3 aliphatic rings. The van der Waals surface area contributed by atoms with Gasteiger partial charge in [0.2, 0.25) is 5.90 Å². The quantitative estimate of drug-likeness (QED) is 0.00589. The maximum atomic E-state index is 10.7. The minimum Gasteiger partial charge on any atom is -0.477 e. The van der Waals surface area contributed by atoms with Crippen molar-refractivity contribution in [3.8, 4) is 6.07 Å². The van der Waals surface area contributed by atoms with Crippen molar-refractivity contribution in [1.82, 2.24) is 4.98 Å². The minimum atomic E-state index is -1.58. The van der Waals surface area contributed by atoms with E-state index in [0.717, 1.165) is 92.8 Å². The van der Waals surface area contributed by atoms with Gasteiger partial charge in [-0.2, -0.15) is 5.26 Å². The van der Waals surface area contributed by atoms with Crippen molar-refractivity contribution in [2.75, 3.05) is 156 Å². The lowest BCUT2D eigenvalue weighted by Gasteiger charge is -2.36. The van der Waals surface area contributed by atoms with Crippen LogP contribution in [0.4, 0.5) is 5.69 Å². The van der Waals surface area contributed by atoms with E-state index < -0.39 is 14.3 Å². The molecule has 1 atom stereocenters. The van der Waals surface area contributed by atoms with E-state index in [4.69, 9.17) is 100 Å². The number of aliphatic imine (C=N–C) groups is 1.